The Hall–Kier alpha value is -3.26. The molecule has 0 bridgehead atoms. The van der Waals surface area contributed by atoms with Gasteiger partial charge in [-0.05, 0) is 43.0 Å². The molecule has 2 aromatic heterocycles. The van der Waals surface area contributed by atoms with Gasteiger partial charge in [0.1, 0.15) is 5.69 Å². The van der Waals surface area contributed by atoms with Crippen molar-refractivity contribution in [1.82, 2.24) is 14.8 Å². The minimum atomic E-state index is -0.551. The van der Waals surface area contributed by atoms with Crippen molar-refractivity contribution in [2.45, 2.75) is 31.9 Å². The zero-order valence-corrected chi connectivity index (χ0v) is 16.1. The number of aromatic nitrogens is 3. The smallest absolute Gasteiger partial charge is 0.356 e. The Labute approximate surface area is 167 Å². The summed E-state index contributed by atoms with van der Waals surface area (Å²) in [4.78, 5) is 28.0. The van der Waals surface area contributed by atoms with E-state index in [0.29, 0.717) is 5.69 Å². The Morgan fingerprint density at radius 2 is 2.17 bits per heavy atom. The fourth-order valence-electron chi connectivity index (χ4n) is 3.45. The highest BCUT2D eigenvalue weighted by atomic mass is 16.5. The predicted molar refractivity (Wildman–Crippen MR) is 106 cm³/mol. The lowest BCUT2D eigenvalue weighted by Gasteiger charge is -2.23. The van der Waals surface area contributed by atoms with Gasteiger partial charge in [-0.3, -0.25) is 4.79 Å². The van der Waals surface area contributed by atoms with Crippen molar-refractivity contribution in [2.24, 2.45) is 0 Å². The van der Waals surface area contributed by atoms with Crippen LogP contribution in [0.4, 0.5) is 5.69 Å². The average Bonchev–Trinajstić information content (AvgIpc) is 3.17. The van der Waals surface area contributed by atoms with Gasteiger partial charge in [0.15, 0.2) is 6.23 Å². The Bertz CT molecular complexity index is 1040. The molecule has 150 valence electrons. The molecule has 1 saturated heterocycles. The topological polar surface area (TPSA) is 95.3 Å². The van der Waals surface area contributed by atoms with Crippen molar-refractivity contribution in [3.63, 3.8) is 0 Å². The number of hydrogen-bond acceptors (Lipinski definition) is 6. The van der Waals surface area contributed by atoms with Crippen molar-refractivity contribution < 1.29 is 19.1 Å². The van der Waals surface area contributed by atoms with Crippen LogP contribution < -0.4 is 5.32 Å². The molecular weight excluding hydrogens is 372 g/mol. The second-order valence-electron chi connectivity index (χ2n) is 6.95. The van der Waals surface area contributed by atoms with E-state index in [2.05, 4.69) is 20.1 Å². The maximum atomic E-state index is 12.5. The number of rotatable bonds is 5. The van der Waals surface area contributed by atoms with Gasteiger partial charge in [0.2, 0.25) is 5.91 Å². The maximum Gasteiger partial charge on any atom is 0.356 e. The summed E-state index contributed by atoms with van der Waals surface area (Å²) in [5, 5.41) is 8.29. The van der Waals surface area contributed by atoms with Crippen molar-refractivity contribution >= 4 is 28.5 Å². The molecule has 1 N–H and O–H groups in total. The molecule has 0 spiro atoms. The summed E-state index contributed by atoms with van der Waals surface area (Å²) in [5.74, 6) is -0.740. The third kappa shape index (κ3) is 4.27. The molecule has 1 aromatic carbocycles. The summed E-state index contributed by atoms with van der Waals surface area (Å²) in [6.45, 7) is 0.744. The summed E-state index contributed by atoms with van der Waals surface area (Å²) >= 11 is 0. The Morgan fingerprint density at radius 1 is 1.28 bits per heavy atom. The number of amides is 1. The van der Waals surface area contributed by atoms with Crippen molar-refractivity contribution in [3.05, 3.63) is 54.0 Å². The molecule has 0 saturated carbocycles. The standard InChI is InChI=1S/C21H22N4O4/c1-28-21(27)17-12-16(7-8-22-17)24-19(26)11-14-5-6-15-13-23-25(18(15)10-14)20-4-2-3-9-29-20/h5-8,10,12-13,20H,2-4,9,11H2,1H3,(H,22,24,26). The van der Waals surface area contributed by atoms with Crippen molar-refractivity contribution in [3.8, 4) is 0 Å². The molecule has 1 aliphatic rings. The summed E-state index contributed by atoms with van der Waals surface area (Å²) in [7, 11) is 1.29. The van der Waals surface area contributed by atoms with Crippen LogP contribution in [0.2, 0.25) is 0 Å². The Balaban J connectivity index is 1.49. The number of benzene rings is 1. The van der Waals surface area contributed by atoms with Crippen LogP contribution >= 0.6 is 0 Å². The highest BCUT2D eigenvalue weighted by molar-refractivity contribution is 5.94. The molecule has 3 aromatic rings. The van der Waals surface area contributed by atoms with E-state index in [1.165, 1.54) is 19.4 Å². The second kappa shape index (κ2) is 8.40. The highest BCUT2D eigenvalue weighted by Gasteiger charge is 2.19. The van der Waals surface area contributed by atoms with Crippen LogP contribution in [0, 0.1) is 0 Å². The average molecular weight is 394 g/mol. The van der Waals surface area contributed by atoms with E-state index >= 15 is 0 Å². The van der Waals surface area contributed by atoms with Gasteiger partial charge < -0.3 is 14.8 Å². The number of carbonyl (C=O) groups excluding carboxylic acids is 2. The van der Waals surface area contributed by atoms with E-state index < -0.39 is 5.97 Å². The monoisotopic (exact) mass is 394 g/mol. The van der Waals surface area contributed by atoms with E-state index in [-0.39, 0.29) is 24.2 Å². The first-order chi connectivity index (χ1) is 14.1. The highest BCUT2D eigenvalue weighted by Crippen LogP contribution is 2.26. The number of ether oxygens (including phenoxy) is 2. The summed E-state index contributed by atoms with van der Waals surface area (Å²) < 4.78 is 12.4. The third-order valence-electron chi connectivity index (χ3n) is 4.89. The van der Waals surface area contributed by atoms with Gasteiger partial charge in [0.25, 0.3) is 0 Å². The molecule has 4 rings (SSSR count). The largest absolute Gasteiger partial charge is 0.464 e. The zero-order valence-electron chi connectivity index (χ0n) is 16.1. The molecule has 1 amide bonds. The van der Waals surface area contributed by atoms with E-state index in [1.54, 1.807) is 6.07 Å². The Morgan fingerprint density at radius 3 is 2.97 bits per heavy atom. The number of methoxy groups -OCH3 is 1. The van der Waals surface area contributed by atoms with Crippen LogP contribution in [0.3, 0.4) is 0 Å². The van der Waals surface area contributed by atoms with Gasteiger partial charge in [0.05, 0.1) is 25.2 Å². The fourth-order valence-corrected chi connectivity index (χ4v) is 3.45. The number of carbonyl (C=O) groups is 2. The summed E-state index contributed by atoms with van der Waals surface area (Å²) in [6.07, 6.45) is 6.55. The van der Waals surface area contributed by atoms with E-state index in [1.807, 2.05) is 29.1 Å². The lowest BCUT2D eigenvalue weighted by Crippen LogP contribution is -2.19. The van der Waals surface area contributed by atoms with Crippen LogP contribution in [0.5, 0.6) is 0 Å². The molecule has 0 radical (unpaired) electrons. The minimum absolute atomic E-state index is 0.0566. The number of pyridine rings is 1. The molecule has 29 heavy (non-hydrogen) atoms. The number of nitrogens with zero attached hydrogens (tertiary/aromatic N) is 3. The van der Waals surface area contributed by atoms with Crippen LogP contribution in [-0.2, 0) is 20.7 Å². The van der Waals surface area contributed by atoms with E-state index in [9.17, 15) is 9.59 Å². The van der Waals surface area contributed by atoms with Crippen molar-refractivity contribution in [2.75, 3.05) is 19.0 Å². The third-order valence-corrected chi connectivity index (χ3v) is 4.89. The first-order valence-corrected chi connectivity index (χ1v) is 9.56. The molecular formula is C21H22N4O4. The molecule has 8 nitrogen and oxygen atoms in total. The number of fused-ring (bicyclic) bond motifs is 1. The molecule has 1 atom stereocenters. The van der Waals surface area contributed by atoms with E-state index in [4.69, 9.17) is 4.74 Å². The molecule has 8 heteroatoms. The number of nitrogens with one attached hydrogen (secondary N) is 1. The fraction of sp³-hybridized carbons (Fsp3) is 0.333. The second-order valence-corrected chi connectivity index (χ2v) is 6.95. The molecule has 3 heterocycles. The lowest BCUT2D eigenvalue weighted by molar-refractivity contribution is -0.115. The van der Waals surface area contributed by atoms with Crippen LogP contribution in [0.1, 0.15) is 41.5 Å². The first kappa shape index (κ1) is 19.1. The SMILES string of the molecule is COC(=O)c1cc(NC(=O)Cc2ccc3cnn(C4CCCCO4)c3c2)ccn1. The molecule has 1 unspecified atom stereocenters. The molecule has 1 fully saturated rings. The first-order valence-electron chi connectivity index (χ1n) is 9.56. The van der Waals surface area contributed by atoms with Crippen molar-refractivity contribution in [1.29, 1.82) is 0 Å². The predicted octanol–water partition coefficient (Wildman–Crippen LogP) is 3.10. The van der Waals surface area contributed by atoms with Crippen LogP contribution in [-0.4, -0.2) is 40.4 Å². The number of hydrogen-bond donors (Lipinski definition) is 1. The molecule has 0 aliphatic carbocycles. The Kier molecular flexibility index (Phi) is 5.53. The van der Waals surface area contributed by atoms with Gasteiger partial charge in [-0.15, -0.1) is 0 Å². The van der Waals surface area contributed by atoms with Gasteiger partial charge >= 0.3 is 5.97 Å². The minimum Gasteiger partial charge on any atom is -0.464 e. The van der Waals surface area contributed by atoms with Gasteiger partial charge in [-0.2, -0.15) is 5.10 Å². The number of anilines is 1. The zero-order chi connectivity index (χ0) is 20.2. The van der Waals surface area contributed by atoms with Crippen LogP contribution in [0.25, 0.3) is 10.9 Å². The quantitative estimate of drug-likeness (QED) is 0.668. The van der Waals surface area contributed by atoms with Gasteiger partial charge in [0, 0.05) is 23.9 Å². The van der Waals surface area contributed by atoms with E-state index in [0.717, 1.165) is 42.3 Å². The summed E-state index contributed by atoms with van der Waals surface area (Å²) in [6, 6.07) is 8.98. The normalized spacial score (nSPS) is 16.5. The van der Waals surface area contributed by atoms with Crippen LogP contribution in [0.15, 0.2) is 42.7 Å². The van der Waals surface area contributed by atoms with Gasteiger partial charge in [-0.25, -0.2) is 14.5 Å². The molecule has 1 aliphatic heterocycles. The number of esters is 1. The maximum absolute atomic E-state index is 12.5. The van der Waals surface area contributed by atoms with Gasteiger partial charge in [-0.1, -0.05) is 12.1 Å². The summed E-state index contributed by atoms with van der Waals surface area (Å²) in [5.41, 5.74) is 2.46. The lowest BCUT2D eigenvalue weighted by atomic mass is 10.1.